The highest BCUT2D eigenvalue weighted by molar-refractivity contribution is 6.34. The Morgan fingerprint density at radius 3 is 2.66 bits per heavy atom. The van der Waals surface area contributed by atoms with Crippen LogP contribution in [0.25, 0.3) is 0 Å². The Balaban J connectivity index is 1.26. The highest BCUT2D eigenvalue weighted by Crippen LogP contribution is 2.39. The van der Waals surface area contributed by atoms with Crippen molar-refractivity contribution >= 4 is 34.8 Å². The van der Waals surface area contributed by atoms with Crippen molar-refractivity contribution < 1.29 is 9.59 Å². The zero-order chi connectivity index (χ0) is 28.3. The van der Waals surface area contributed by atoms with Crippen molar-refractivity contribution in [1.29, 1.82) is 0 Å². The van der Waals surface area contributed by atoms with Crippen LogP contribution in [0, 0.1) is 5.92 Å². The molecular formula is C33H35ClN4O3. The average molecular weight is 571 g/mol. The molecule has 2 aromatic carbocycles. The summed E-state index contributed by atoms with van der Waals surface area (Å²) in [5, 5.41) is 6.48. The lowest BCUT2D eigenvalue weighted by atomic mass is 9.83. The van der Waals surface area contributed by atoms with E-state index in [2.05, 4.69) is 21.6 Å². The first-order valence-corrected chi connectivity index (χ1v) is 14.9. The summed E-state index contributed by atoms with van der Waals surface area (Å²) in [6, 6.07) is 18.0. The van der Waals surface area contributed by atoms with Gasteiger partial charge in [0.05, 0.1) is 22.0 Å². The molecule has 2 bridgehead atoms. The van der Waals surface area contributed by atoms with Crippen molar-refractivity contribution in [3.8, 4) is 0 Å². The topological polar surface area (TPSA) is 83.4 Å². The second kappa shape index (κ2) is 12.0. The Morgan fingerprint density at radius 2 is 1.83 bits per heavy atom. The third-order valence-corrected chi connectivity index (χ3v) is 8.89. The summed E-state index contributed by atoms with van der Waals surface area (Å²) in [6.45, 7) is 2.74. The number of hydrogen-bond donors (Lipinski definition) is 2. The molecule has 2 amide bonds. The predicted molar refractivity (Wildman–Crippen MR) is 163 cm³/mol. The lowest BCUT2D eigenvalue weighted by Gasteiger charge is -2.44. The number of amides is 2. The highest BCUT2D eigenvalue weighted by Gasteiger charge is 2.35. The number of anilines is 2. The molecule has 3 aliphatic rings. The molecule has 1 aliphatic carbocycles. The van der Waals surface area contributed by atoms with Crippen molar-refractivity contribution in [2.75, 3.05) is 29.9 Å². The summed E-state index contributed by atoms with van der Waals surface area (Å²) in [5.74, 6) is 0.0314. The normalized spacial score (nSPS) is 19.6. The second-order valence-corrected chi connectivity index (χ2v) is 11.8. The summed E-state index contributed by atoms with van der Waals surface area (Å²) in [6.07, 6.45) is 8.89. The summed E-state index contributed by atoms with van der Waals surface area (Å²) in [4.78, 5) is 41.3. The maximum Gasteiger partial charge on any atom is 0.257 e. The number of carbonyl (C=O) groups excluding carboxylic acids is 2. The predicted octanol–water partition coefficient (Wildman–Crippen LogP) is 6.00. The van der Waals surface area contributed by atoms with E-state index in [1.807, 2.05) is 28.8 Å². The Labute approximate surface area is 245 Å². The van der Waals surface area contributed by atoms with Crippen molar-refractivity contribution in [2.45, 2.75) is 51.0 Å². The minimum Gasteiger partial charge on any atom is -0.369 e. The Morgan fingerprint density at radius 1 is 0.951 bits per heavy atom. The molecule has 2 unspecified atom stereocenters. The molecule has 2 aliphatic heterocycles. The van der Waals surface area contributed by atoms with Gasteiger partial charge in [-0.15, -0.1) is 0 Å². The van der Waals surface area contributed by atoms with E-state index in [-0.39, 0.29) is 23.3 Å². The van der Waals surface area contributed by atoms with Crippen LogP contribution in [-0.2, 0) is 6.54 Å². The molecule has 7 nitrogen and oxygen atoms in total. The van der Waals surface area contributed by atoms with E-state index in [0.717, 1.165) is 50.2 Å². The quantitative estimate of drug-likeness (QED) is 0.341. The maximum absolute atomic E-state index is 13.3. The van der Waals surface area contributed by atoms with Gasteiger partial charge in [0.25, 0.3) is 17.4 Å². The fraction of sp³-hybridized carbons (Fsp3) is 0.364. The molecule has 3 aromatic rings. The SMILES string of the molecule is O=C(NCCC1=CCCCC1)c1ccc(N2CC3CC(C2)c2cccc(=O)n2C3)c(NC(=O)c2ccccc2Cl)c1. The molecule has 2 N–H and O–H groups in total. The first-order chi connectivity index (χ1) is 20.0. The third-order valence-electron chi connectivity index (χ3n) is 8.56. The van der Waals surface area contributed by atoms with Crippen LogP contribution in [0.2, 0.25) is 5.02 Å². The zero-order valence-electron chi connectivity index (χ0n) is 23.1. The highest BCUT2D eigenvalue weighted by atomic mass is 35.5. The number of hydrogen-bond acceptors (Lipinski definition) is 4. The van der Waals surface area contributed by atoms with Crippen LogP contribution in [0.1, 0.15) is 70.9 Å². The van der Waals surface area contributed by atoms with E-state index < -0.39 is 0 Å². The molecule has 8 heteroatoms. The van der Waals surface area contributed by atoms with Gasteiger partial charge >= 0.3 is 0 Å². The number of allylic oxidation sites excluding steroid dienone is 1. The standard InChI is InChI=1S/C33H35ClN4O3/c34-27-10-5-4-9-26(27)33(41)36-28-18-24(32(40)35-16-15-22-7-2-1-3-8-22)13-14-30(28)37-19-23-17-25(21-37)29-11-6-12-31(39)38(29)20-23/h4-7,9-14,18,23,25H,1-3,8,15-17,19-21H2,(H,35,40)(H,36,41). The molecule has 41 heavy (non-hydrogen) atoms. The van der Waals surface area contributed by atoms with Gasteiger partial charge in [0.1, 0.15) is 0 Å². The Kier molecular flexibility index (Phi) is 7.97. The fourth-order valence-electron chi connectivity index (χ4n) is 6.55. The largest absolute Gasteiger partial charge is 0.369 e. The van der Waals surface area contributed by atoms with Crippen LogP contribution < -0.4 is 21.1 Å². The minimum atomic E-state index is -0.326. The number of halogens is 1. The van der Waals surface area contributed by atoms with E-state index in [1.54, 1.807) is 36.4 Å². The van der Waals surface area contributed by atoms with E-state index in [4.69, 9.17) is 11.6 Å². The van der Waals surface area contributed by atoms with Crippen LogP contribution in [0.4, 0.5) is 11.4 Å². The van der Waals surface area contributed by atoms with Gasteiger partial charge in [0.2, 0.25) is 0 Å². The molecule has 1 aromatic heterocycles. The van der Waals surface area contributed by atoms with Crippen molar-refractivity contribution in [3.05, 3.63) is 105 Å². The van der Waals surface area contributed by atoms with Gasteiger partial charge in [-0.1, -0.05) is 41.4 Å². The van der Waals surface area contributed by atoms with E-state index >= 15 is 0 Å². The van der Waals surface area contributed by atoms with Gasteiger partial charge < -0.3 is 20.1 Å². The Bertz CT molecular complexity index is 1560. The van der Waals surface area contributed by atoms with Crippen LogP contribution >= 0.6 is 11.6 Å². The lowest BCUT2D eigenvalue weighted by molar-refractivity contribution is 0.0952. The average Bonchev–Trinajstić information content (AvgIpc) is 2.98. The molecule has 3 heterocycles. The van der Waals surface area contributed by atoms with Crippen LogP contribution in [0.15, 0.2) is 77.1 Å². The zero-order valence-corrected chi connectivity index (χ0v) is 23.8. The fourth-order valence-corrected chi connectivity index (χ4v) is 6.77. The molecule has 1 saturated heterocycles. The summed E-state index contributed by atoms with van der Waals surface area (Å²) in [5.41, 5.74) is 4.82. The molecule has 0 spiro atoms. The number of piperidine rings is 1. The van der Waals surface area contributed by atoms with Crippen molar-refractivity contribution in [2.24, 2.45) is 5.92 Å². The van der Waals surface area contributed by atoms with E-state index in [1.165, 1.54) is 18.4 Å². The van der Waals surface area contributed by atoms with Gasteiger partial charge in [-0.05, 0) is 80.8 Å². The number of benzene rings is 2. The second-order valence-electron chi connectivity index (χ2n) is 11.4. The molecule has 1 fully saturated rings. The van der Waals surface area contributed by atoms with Crippen LogP contribution in [0.5, 0.6) is 0 Å². The molecule has 2 atom stereocenters. The first-order valence-electron chi connectivity index (χ1n) is 14.6. The Hall–Kier alpha value is -3.84. The van der Waals surface area contributed by atoms with Gasteiger partial charge in [0, 0.05) is 49.4 Å². The number of pyridine rings is 1. The smallest absolute Gasteiger partial charge is 0.257 e. The number of fused-ring (bicyclic) bond motifs is 4. The molecule has 6 rings (SSSR count). The van der Waals surface area contributed by atoms with Gasteiger partial charge in [-0.25, -0.2) is 0 Å². The van der Waals surface area contributed by atoms with Crippen molar-refractivity contribution in [3.63, 3.8) is 0 Å². The number of rotatable bonds is 7. The minimum absolute atomic E-state index is 0.0495. The van der Waals surface area contributed by atoms with E-state index in [9.17, 15) is 14.4 Å². The van der Waals surface area contributed by atoms with Crippen molar-refractivity contribution in [1.82, 2.24) is 9.88 Å². The van der Waals surface area contributed by atoms with Gasteiger partial charge in [-0.3, -0.25) is 14.4 Å². The number of aromatic nitrogens is 1. The number of nitrogens with one attached hydrogen (secondary N) is 2. The first kappa shape index (κ1) is 27.3. The van der Waals surface area contributed by atoms with Crippen LogP contribution in [-0.4, -0.2) is 36.0 Å². The third kappa shape index (κ3) is 5.96. The van der Waals surface area contributed by atoms with Crippen LogP contribution in [0.3, 0.4) is 0 Å². The van der Waals surface area contributed by atoms with E-state index in [0.29, 0.717) is 40.8 Å². The molecular weight excluding hydrogens is 536 g/mol. The summed E-state index contributed by atoms with van der Waals surface area (Å²) in [7, 11) is 0. The monoisotopic (exact) mass is 570 g/mol. The lowest BCUT2D eigenvalue weighted by Crippen LogP contribution is -2.47. The van der Waals surface area contributed by atoms with Gasteiger partial charge in [0.15, 0.2) is 0 Å². The summed E-state index contributed by atoms with van der Waals surface area (Å²) >= 11 is 6.33. The number of nitrogens with zero attached hydrogens (tertiary/aromatic N) is 2. The van der Waals surface area contributed by atoms with Gasteiger partial charge in [-0.2, -0.15) is 0 Å². The maximum atomic E-state index is 13.3. The summed E-state index contributed by atoms with van der Waals surface area (Å²) < 4.78 is 1.91. The molecule has 212 valence electrons. The molecule has 0 saturated carbocycles. The molecule has 0 radical (unpaired) electrons. The number of carbonyl (C=O) groups is 2.